The van der Waals surface area contributed by atoms with Gasteiger partial charge in [0.15, 0.2) is 0 Å². The van der Waals surface area contributed by atoms with Gasteiger partial charge in [0.1, 0.15) is 6.29 Å². The molecular weight excluding hydrogens is 1020 g/mol. The molecule has 6 aromatic carbocycles. The highest BCUT2D eigenvalue weighted by molar-refractivity contribution is 6.41. The minimum atomic E-state index is -0.379. The second kappa shape index (κ2) is 21.7. The quantitative estimate of drug-likeness (QED) is 0.124. The van der Waals surface area contributed by atoms with E-state index in [9.17, 15) is 14.4 Å². The molecule has 4 fully saturated rings. The average molecular weight is 1070 g/mol. The lowest BCUT2D eigenvalue weighted by Crippen LogP contribution is -2.62. The van der Waals surface area contributed by atoms with E-state index < -0.39 is 0 Å². The smallest absolute Gasteiger partial charge is 0.326 e. The summed E-state index contributed by atoms with van der Waals surface area (Å²) in [6.45, 7) is 11.2. The molecule has 0 aromatic heterocycles. The van der Waals surface area contributed by atoms with Gasteiger partial charge >= 0.3 is 12.1 Å². The Morgan fingerprint density at radius 3 is 1.39 bits per heavy atom. The number of carbonyl (C=O) groups is 3. The van der Waals surface area contributed by atoms with Crippen molar-refractivity contribution in [3.63, 3.8) is 0 Å². The Balaban J connectivity index is 0.000000144. The molecule has 0 aliphatic carbocycles. The van der Waals surface area contributed by atoms with Gasteiger partial charge < -0.3 is 16.0 Å². The number of hydrogen-bond acceptors (Lipinski definition) is 7. The maximum absolute atomic E-state index is 13.2. The Labute approximate surface area is 443 Å². The van der Waals surface area contributed by atoms with Crippen LogP contribution < -0.4 is 25.8 Å². The fourth-order valence-electron chi connectivity index (χ4n) is 9.82. The highest BCUT2D eigenvalue weighted by Gasteiger charge is 2.36. The zero-order valence-electron chi connectivity index (χ0n) is 38.5. The Morgan fingerprint density at radius 1 is 0.521 bits per heavy atom. The number of hydrogen-bond donors (Lipinski definition) is 3. The number of para-hydroxylation sites is 2. The van der Waals surface area contributed by atoms with Crippen molar-refractivity contribution in [2.75, 3.05) is 62.2 Å². The lowest BCUT2D eigenvalue weighted by Gasteiger charge is -2.49. The molecule has 17 heteroatoms. The number of amides is 4. The van der Waals surface area contributed by atoms with E-state index in [1.807, 2.05) is 42.5 Å². The van der Waals surface area contributed by atoms with Crippen LogP contribution in [0.25, 0.3) is 22.3 Å². The highest BCUT2D eigenvalue weighted by Crippen LogP contribution is 2.47. The summed E-state index contributed by atoms with van der Waals surface area (Å²) in [4.78, 5) is 48.1. The molecule has 0 spiro atoms. The van der Waals surface area contributed by atoms with E-state index in [0.717, 1.165) is 76.6 Å². The van der Waals surface area contributed by atoms with Gasteiger partial charge in [-0.1, -0.05) is 118 Å². The summed E-state index contributed by atoms with van der Waals surface area (Å²) in [5, 5.41) is 11.8. The first-order chi connectivity index (χ1) is 34.5. The first-order valence-corrected chi connectivity index (χ1v) is 26.0. The molecule has 71 heavy (non-hydrogen) atoms. The SMILES string of the molecule is C1CN(C2CNC2)C1.O=C1NCc2c(-c3ccccc3Cl)cc(CN3CC(N4CCC4)C3)cc2N1c1c(Cl)cccc1Cl.O=Cc1cc(-c2ccccc2Cl)c2c(c1)N(c1c(Cl)cccc1Cl)C(=O)NC2. The Bertz CT molecular complexity index is 2960. The normalized spacial score (nSPS) is 17.9. The van der Waals surface area contributed by atoms with E-state index in [1.165, 1.54) is 57.0 Å². The molecule has 0 bridgehead atoms. The number of nitrogens with zero attached hydrogens (tertiary/aromatic N) is 5. The molecule has 366 valence electrons. The van der Waals surface area contributed by atoms with Crippen molar-refractivity contribution in [3.05, 3.63) is 162 Å². The third-order valence-electron chi connectivity index (χ3n) is 14.0. The van der Waals surface area contributed by atoms with Gasteiger partial charge in [-0.2, -0.15) is 0 Å². The number of benzene rings is 6. The van der Waals surface area contributed by atoms with Crippen LogP contribution >= 0.6 is 69.6 Å². The van der Waals surface area contributed by atoms with Crippen LogP contribution in [0.1, 0.15) is 39.9 Å². The molecule has 12 rings (SSSR count). The lowest BCUT2D eigenvalue weighted by atomic mass is 9.92. The number of likely N-dealkylation sites (tertiary alicyclic amines) is 3. The van der Waals surface area contributed by atoms with Crippen LogP contribution in [-0.2, 0) is 19.6 Å². The first-order valence-electron chi connectivity index (χ1n) is 23.7. The molecule has 4 saturated heterocycles. The number of halogens is 6. The lowest BCUT2D eigenvalue weighted by molar-refractivity contribution is -0.00402. The van der Waals surface area contributed by atoms with Crippen molar-refractivity contribution in [1.82, 2.24) is 30.7 Å². The fourth-order valence-corrected chi connectivity index (χ4v) is 11.4. The fraction of sp³-hybridized carbons (Fsp3) is 0.278. The summed E-state index contributed by atoms with van der Waals surface area (Å²) in [6, 6.07) is 34.1. The zero-order valence-corrected chi connectivity index (χ0v) is 43.1. The molecule has 0 atom stereocenters. The van der Waals surface area contributed by atoms with Gasteiger partial charge in [0.05, 0.1) is 42.8 Å². The van der Waals surface area contributed by atoms with Crippen LogP contribution in [-0.4, -0.2) is 97.5 Å². The van der Waals surface area contributed by atoms with Gasteiger partial charge in [-0.05, 0) is 116 Å². The number of anilines is 4. The summed E-state index contributed by atoms with van der Waals surface area (Å²) in [5.74, 6) is 0. The minimum Gasteiger partial charge on any atom is -0.333 e. The van der Waals surface area contributed by atoms with Crippen molar-refractivity contribution in [3.8, 4) is 22.3 Å². The Hall–Kier alpha value is -4.89. The summed E-state index contributed by atoms with van der Waals surface area (Å²) in [6.07, 6.45) is 3.47. The molecule has 0 saturated carbocycles. The number of aldehydes is 1. The topological polar surface area (TPSA) is 104 Å². The van der Waals surface area contributed by atoms with Crippen LogP contribution in [0.15, 0.2) is 109 Å². The van der Waals surface area contributed by atoms with Crippen LogP contribution in [0.3, 0.4) is 0 Å². The Morgan fingerprint density at radius 2 is 0.972 bits per heavy atom. The molecule has 6 aliphatic heterocycles. The van der Waals surface area contributed by atoms with Crippen LogP contribution in [0.5, 0.6) is 0 Å². The number of nitrogens with one attached hydrogen (secondary N) is 3. The zero-order chi connectivity index (χ0) is 49.3. The van der Waals surface area contributed by atoms with Crippen LogP contribution in [0.2, 0.25) is 30.1 Å². The molecule has 4 amide bonds. The molecule has 6 aliphatic rings. The molecular formula is C54H50Cl6N8O3. The predicted octanol–water partition coefficient (Wildman–Crippen LogP) is 12.7. The van der Waals surface area contributed by atoms with Crippen LogP contribution in [0, 0.1) is 0 Å². The number of urea groups is 2. The first kappa shape index (κ1) is 49.7. The summed E-state index contributed by atoms with van der Waals surface area (Å²) < 4.78 is 0. The van der Waals surface area contributed by atoms with Gasteiger partial charge in [0.25, 0.3) is 0 Å². The number of fused-ring (bicyclic) bond motifs is 2. The molecule has 3 N–H and O–H groups in total. The van der Waals surface area contributed by atoms with E-state index in [2.05, 4.69) is 42.8 Å². The predicted molar refractivity (Wildman–Crippen MR) is 289 cm³/mol. The van der Waals surface area contributed by atoms with E-state index >= 15 is 0 Å². The van der Waals surface area contributed by atoms with Crippen molar-refractivity contribution in [2.24, 2.45) is 0 Å². The van der Waals surface area contributed by atoms with Gasteiger partial charge in [-0.25, -0.2) is 9.59 Å². The average Bonchev–Trinajstić information content (AvgIpc) is 3.29. The minimum absolute atomic E-state index is 0.253. The van der Waals surface area contributed by atoms with E-state index in [1.54, 1.807) is 59.5 Å². The van der Waals surface area contributed by atoms with Crippen molar-refractivity contribution in [2.45, 2.75) is 44.6 Å². The van der Waals surface area contributed by atoms with Crippen molar-refractivity contribution in [1.29, 1.82) is 0 Å². The second-order valence-corrected chi connectivity index (χ2v) is 20.8. The van der Waals surface area contributed by atoms with Gasteiger partial charge in [0.2, 0.25) is 0 Å². The van der Waals surface area contributed by atoms with Crippen molar-refractivity contribution < 1.29 is 14.4 Å². The largest absolute Gasteiger partial charge is 0.333 e. The van der Waals surface area contributed by atoms with Crippen LogP contribution in [0.4, 0.5) is 32.3 Å². The molecule has 11 nitrogen and oxygen atoms in total. The van der Waals surface area contributed by atoms with E-state index in [4.69, 9.17) is 69.6 Å². The molecule has 6 aromatic rings. The monoisotopic (exact) mass is 1070 g/mol. The van der Waals surface area contributed by atoms with Gasteiger partial charge in [0, 0.05) is 95.8 Å². The van der Waals surface area contributed by atoms with E-state index in [-0.39, 0.29) is 18.6 Å². The Kier molecular flexibility index (Phi) is 15.2. The third kappa shape index (κ3) is 10.2. The maximum Gasteiger partial charge on any atom is 0.326 e. The standard InChI is InChI=1S/C27H25Cl3N4O.C21H13Cl3N2O2.C6H12N2/c28-22-6-2-1-5-19(22)20-11-17(14-32-15-18(16-32)33-9-4-10-33)12-25-21(20)13-31-27(35)34(25)26-23(29)7-3-8-24(26)30;22-16-5-2-1-4-13(16)14-8-12(11-27)9-19-15(14)10-25-21(28)26(19)20-17(23)6-3-7-18(20)24;1-2-8(3-1)6-4-7-5-6/h1-3,5-8,11-12,18H,4,9-10,13-16H2,(H,31,35);1-9,11H,10H2,(H,25,28);6-7H,1-5H2. The van der Waals surface area contributed by atoms with Crippen molar-refractivity contribution >= 4 is 111 Å². The summed E-state index contributed by atoms with van der Waals surface area (Å²) in [5.41, 5.74) is 9.00. The van der Waals surface area contributed by atoms with Gasteiger partial charge in [-0.15, -0.1) is 0 Å². The second-order valence-electron chi connectivity index (χ2n) is 18.4. The van der Waals surface area contributed by atoms with E-state index in [0.29, 0.717) is 65.3 Å². The third-order valence-corrected chi connectivity index (χ3v) is 15.8. The molecule has 0 unspecified atom stereocenters. The number of carbonyl (C=O) groups excluding carboxylic acids is 3. The molecule has 0 radical (unpaired) electrons. The maximum atomic E-state index is 13.2. The molecule has 6 heterocycles. The van der Waals surface area contributed by atoms with Gasteiger partial charge in [-0.3, -0.25) is 29.3 Å². The number of rotatable bonds is 9. The summed E-state index contributed by atoms with van der Waals surface area (Å²) >= 11 is 38.9. The highest BCUT2D eigenvalue weighted by atomic mass is 35.5. The summed E-state index contributed by atoms with van der Waals surface area (Å²) in [7, 11) is 0.